The molecule has 0 aromatic heterocycles. The molecular formula is C19H19NO5S. The molecule has 1 atom stereocenters. The maximum Gasteiger partial charge on any atom is 0.339 e. The van der Waals surface area contributed by atoms with Crippen molar-refractivity contribution in [2.75, 3.05) is 7.05 Å². The SMILES string of the molecule is CNC(=O)c1ccc(S(=O)(=O)Oc2ccc(C)c3c2C(=O)CC3C)cc1. The molecule has 1 amide bonds. The smallest absolute Gasteiger partial charge is 0.339 e. The fourth-order valence-electron chi connectivity index (χ4n) is 3.26. The highest BCUT2D eigenvalue weighted by Crippen LogP contribution is 2.40. The fourth-order valence-corrected chi connectivity index (χ4v) is 4.20. The molecule has 0 bridgehead atoms. The molecule has 0 heterocycles. The Morgan fingerprint density at radius 3 is 2.42 bits per heavy atom. The van der Waals surface area contributed by atoms with E-state index in [2.05, 4.69) is 5.32 Å². The second kappa shape index (κ2) is 6.57. The fraction of sp³-hybridized carbons (Fsp3) is 0.263. The first kappa shape index (κ1) is 18.1. The van der Waals surface area contributed by atoms with Crippen LogP contribution in [0.25, 0.3) is 0 Å². The molecule has 0 radical (unpaired) electrons. The summed E-state index contributed by atoms with van der Waals surface area (Å²) in [6, 6.07) is 8.69. The van der Waals surface area contributed by atoms with Crippen LogP contribution in [0.3, 0.4) is 0 Å². The summed E-state index contributed by atoms with van der Waals surface area (Å²) < 4.78 is 30.5. The first-order valence-corrected chi connectivity index (χ1v) is 9.58. The van der Waals surface area contributed by atoms with Gasteiger partial charge in [-0.15, -0.1) is 0 Å². The third-order valence-corrected chi connectivity index (χ3v) is 5.77. The average molecular weight is 373 g/mol. The Balaban J connectivity index is 1.97. The van der Waals surface area contributed by atoms with Crippen molar-refractivity contribution in [2.24, 2.45) is 0 Å². The predicted molar refractivity (Wildman–Crippen MR) is 96.2 cm³/mol. The van der Waals surface area contributed by atoms with E-state index in [4.69, 9.17) is 4.18 Å². The summed E-state index contributed by atoms with van der Waals surface area (Å²) in [5.41, 5.74) is 2.48. The highest BCUT2D eigenvalue weighted by Gasteiger charge is 2.32. The average Bonchev–Trinajstić information content (AvgIpc) is 2.92. The highest BCUT2D eigenvalue weighted by atomic mass is 32.2. The van der Waals surface area contributed by atoms with Gasteiger partial charge in [0.25, 0.3) is 5.91 Å². The van der Waals surface area contributed by atoms with Crippen molar-refractivity contribution in [3.05, 3.63) is 58.7 Å². The minimum atomic E-state index is -4.12. The number of carbonyl (C=O) groups excluding carboxylic acids is 2. The molecule has 1 unspecified atom stereocenters. The van der Waals surface area contributed by atoms with Gasteiger partial charge < -0.3 is 9.50 Å². The quantitative estimate of drug-likeness (QED) is 0.833. The van der Waals surface area contributed by atoms with Gasteiger partial charge in [-0.1, -0.05) is 13.0 Å². The van der Waals surface area contributed by atoms with E-state index in [1.165, 1.54) is 37.4 Å². The normalized spacial score (nSPS) is 16.3. The van der Waals surface area contributed by atoms with Crippen molar-refractivity contribution in [1.29, 1.82) is 0 Å². The number of rotatable bonds is 4. The Kier molecular flexibility index (Phi) is 4.58. The van der Waals surface area contributed by atoms with E-state index in [1.807, 2.05) is 13.8 Å². The van der Waals surface area contributed by atoms with Crippen LogP contribution in [0, 0.1) is 6.92 Å². The molecule has 1 N–H and O–H groups in total. The molecule has 1 aliphatic rings. The van der Waals surface area contributed by atoms with Gasteiger partial charge in [0.15, 0.2) is 11.5 Å². The summed E-state index contributed by atoms with van der Waals surface area (Å²) in [5.74, 6) is -0.340. The van der Waals surface area contributed by atoms with E-state index in [1.54, 1.807) is 6.07 Å². The molecule has 3 rings (SSSR count). The zero-order chi connectivity index (χ0) is 19.1. The van der Waals surface area contributed by atoms with Gasteiger partial charge in [0, 0.05) is 19.0 Å². The summed E-state index contributed by atoms with van der Waals surface area (Å²) in [6.07, 6.45) is 0.345. The van der Waals surface area contributed by atoms with E-state index < -0.39 is 10.1 Å². The molecule has 6 nitrogen and oxygen atoms in total. The van der Waals surface area contributed by atoms with Gasteiger partial charge >= 0.3 is 10.1 Å². The summed E-state index contributed by atoms with van der Waals surface area (Å²) in [5, 5.41) is 2.46. The molecule has 26 heavy (non-hydrogen) atoms. The summed E-state index contributed by atoms with van der Waals surface area (Å²) in [7, 11) is -2.63. The van der Waals surface area contributed by atoms with Crippen LogP contribution < -0.4 is 9.50 Å². The molecule has 0 spiro atoms. The van der Waals surface area contributed by atoms with Crippen molar-refractivity contribution >= 4 is 21.8 Å². The molecule has 0 saturated carbocycles. The number of Topliss-reactive ketones (excluding diaryl/α,β-unsaturated/α-hetero) is 1. The number of hydrogen-bond acceptors (Lipinski definition) is 5. The number of amides is 1. The van der Waals surface area contributed by atoms with E-state index >= 15 is 0 Å². The van der Waals surface area contributed by atoms with Crippen LogP contribution in [0.15, 0.2) is 41.3 Å². The van der Waals surface area contributed by atoms with Gasteiger partial charge in [-0.25, -0.2) is 0 Å². The minimum absolute atomic E-state index is 0.0376. The van der Waals surface area contributed by atoms with Crippen LogP contribution in [0.2, 0.25) is 0 Å². The standard InChI is InChI=1S/C19H19NO5S/c1-11-4-9-16(18-15(21)10-12(2)17(11)18)25-26(23,24)14-7-5-13(6-8-14)19(22)20-3/h4-9,12H,10H2,1-3H3,(H,20,22). The van der Waals surface area contributed by atoms with Crippen molar-refractivity contribution in [2.45, 2.75) is 31.1 Å². The molecule has 1 aliphatic carbocycles. The van der Waals surface area contributed by atoms with Gasteiger partial charge in [-0.05, 0) is 54.3 Å². The Morgan fingerprint density at radius 1 is 1.15 bits per heavy atom. The molecule has 0 saturated heterocycles. The van der Waals surface area contributed by atoms with Gasteiger partial charge in [0.2, 0.25) is 0 Å². The van der Waals surface area contributed by atoms with Crippen LogP contribution in [0.4, 0.5) is 0 Å². The molecular weight excluding hydrogens is 354 g/mol. The molecule has 0 fully saturated rings. The number of nitrogens with one attached hydrogen (secondary N) is 1. The minimum Gasteiger partial charge on any atom is -0.378 e. The van der Waals surface area contributed by atoms with Crippen LogP contribution in [0.5, 0.6) is 5.75 Å². The van der Waals surface area contributed by atoms with Crippen LogP contribution >= 0.6 is 0 Å². The molecule has 2 aromatic carbocycles. The monoisotopic (exact) mass is 373 g/mol. The second-order valence-electron chi connectivity index (χ2n) is 6.34. The van der Waals surface area contributed by atoms with Gasteiger partial charge in [-0.3, -0.25) is 9.59 Å². The van der Waals surface area contributed by atoms with Crippen molar-refractivity contribution in [1.82, 2.24) is 5.32 Å². The molecule has 136 valence electrons. The first-order valence-electron chi connectivity index (χ1n) is 8.18. The van der Waals surface area contributed by atoms with E-state index in [0.717, 1.165) is 11.1 Å². The summed E-state index contributed by atoms with van der Waals surface area (Å²) in [6.45, 7) is 3.83. The Labute approximate surface area is 152 Å². The van der Waals surface area contributed by atoms with Gasteiger partial charge in [-0.2, -0.15) is 8.42 Å². The summed E-state index contributed by atoms with van der Waals surface area (Å²) >= 11 is 0. The van der Waals surface area contributed by atoms with Crippen LogP contribution in [0.1, 0.15) is 51.1 Å². The maximum absolute atomic E-state index is 12.6. The number of benzene rings is 2. The van der Waals surface area contributed by atoms with E-state index in [9.17, 15) is 18.0 Å². The number of fused-ring (bicyclic) bond motifs is 1. The van der Waals surface area contributed by atoms with Crippen LogP contribution in [-0.2, 0) is 10.1 Å². The number of ketones is 1. The third kappa shape index (κ3) is 3.10. The van der Waals surface area contributed by atoms with Gasteiger partial charge in [0.1, 0.15) is 4.90 Å². The zero-order valence-electron chi connectivity index (χ0n) is 14.7. The Bertz CT molecular complexity index is 993. The summed E-state index contributed by atoms with van der Waals surface area (Å²) in [4.78, 5) is 23.8. The van der Waals surface area contributed by atoms with Crippen molar-refractivity contribution in [3.63, 3.8) is 0 Å². The number of carbonyl (C=O) groups is 2. The van der Waals surface area contributed by atoms with Gasteiger partial charge in [0.05, 0.1) is 5.56 Å². The lowest BCUT2D eigenvalue weighted by Crippen LogP contribution is -2.18. The number of hydrogen-bond donors (Lipinski definition) is 1. The third-order valence-electron chi connectivity index (χ3n) is 4.52. The van der Waals surface area contributed by atoms with Crippen LogP contribution in [-0.4, -0.2) is 27.2 Å². The molecule has 2 aromatic rings. The Hall–Kier alpha value is -2.67. The molecule has 0 aliphatic heterocycles. The first-order chi connectivity index (χ1) is 12.2. The van der Waals surface area contributed by atoms with E-state index in [0.29, 0.717) is 17.5 Å². The molecule has 7 heteroatoms. The maximum atomic E-state index is 12.6. The lowest BCUT2D eigenvalue weighted by molar-refractivity contribution is 0.0960. The zero-order valence-corrected chi connectivity index (χ0v) is 15.5. The largest absolute Gasteiger partial charge is 0.378 e. The lowest BCUT2D eigenvalue weighted by Gasteiger charge is -2.13. The predicted octanol–water partition coefficient (Wildman–Crippen LogP) is 2.81. The second-order valence-corrected chi connectivity index (χ2v) is 7.88. The van der Waals surface area contributed by atoms with Crippen molar-refractivity contribution < 1.29 is 22.2 Å². The van der Waals surface area contributed by atoms with Crippen molar-refractivity contribution in [3.8, 4) is 5.75 Å². The van der Waals surface area contributed by atoms with E-state index in [-0.39, 0.29) is 28.3 Å². The highest BCUT2D eigenvalue weighted by molar-refractivity contribution is 7.87. The lowest BCUT2D eigenvalue weighted by atomic mass is 9.98. The topological polar surface area (TPSA) is 89.5 Å². The Morgan fingerprint density at radius 2 is 1.81 bits per heavy atom. The number of aryl methyl sites for hydroxylation is 1.